The highest BCUT2D eigenvalue weighted by molar-refractivity contribution is 9.10. The number of benzene rings is 1. The fraction of sp³-hybridized carbons (Fsp3) is 0.600. The molecule has 0 spiro atoms. The van der Waals surface area contributed by atoms with Gasteiger partial charge in [-0.2, -0.15) is 0 Å². The van der Waals surface area contributed by atoms with Gasteiger partial charge in [0.05, 0.1) is 13.7 Å². The highest BCUT2D eigenvalue weighted by atomic mass is 79.9. The molecule has 0 radical (unpaired) electrons. The average Bonchev–Trinajstić information content (AvgIpc) is 2.46. The smallest absolute Gasteiger partial charge is 0.166 e. The minimum Gasteiger partial charge on any atom is -0.493 e. The van der Waals surface area contributed by atoms with Gasteiger partial charge in [0.2, 0.25) is 0 Å². The first-order chi connectivity index (χ1) is 9.74. The second kappa shape index (κ2) is 10.0. The maximum atomic E-state index is 8.76. The van der Waals surface area contributed by atoms with Crippen LogP contribution in [-0.4, -0.2) is 32.0 Å². The first-order valence-corrected chi connectivity index (χ1v) is 7.83. The summed E-state index contributed by atoms with van der Waals surface area (Å²) in [6.45, 7) is 4.58. The Morgan fingerprint density at radius 3 is 2.75 bits per heavy atom. The third kappa shape index (κ3) is 5.31. The van der Waals surface area contributed by atoms with Crippen LogP contribution in [0.5, 0.6) is 11.5 Å². The Labute approximate surface area is 129 Å². The van der Waals surface area contributed by atoms with Crippen LogP contribution >= 0.6 is 15.9 Å². The van der Waals surface area contributed by atoms with Crippen molar-refractivity contribution < 1.29 is 14.6 Å². The van der Waals surface area contributed by atoms with Gasteiger partial charge in [-0.25, -0.2) is 0 Å². The molecule has 0 heterocycles. The average molecular weight is 346 g/mol. The van der Waals surface area contributed by atoms with E-state index in [2.05, 4.69) is 28.2 Å². The molecule has 0 amide bonds. The highest BCUT2D eigenvalue weighted by Crippen LogP contribution is 2.36. The summed E-state index contributed by atoms with van der Waals surface area (Å²) in [7, 11) is 1.65. The Morgan fingerprint density at radius 1 is 1.30 bits per heavy atom. The quantitative estimate of drug-likeness (QED) is 0.639. The van der Waals surface area contributed by atoms with E-state index in [9.17, 15) is 0 Å². The summed E-state index contributed by atoms with van der Waals surface area (Å²) in [6.07, 6.45) is 2.74. The molecule has 5 heteroatoms. The molecule has 0 saturated carbocycles. The van der Waals surface area contributed by atoms with E-state index in [4.69, 9.17) is 14.6 Å². The van der Waals surface area contributed by atoms with Crippen LogP contribution in [0.1, 0.15) is 31.7 Å². The van der Waals surface area contributed by atoms with Crippen LogP contribution in [0.3, 0.4) is 0 Å². The third-order valence-corrected chi connectivity index (χ3v) is 3.64. The summed E-state index contributed by atoms with van der Waals surface area (Å²) in [4.78, 5) is 0. The molecule has 0 bridgehead atoms. The number of methoxy groups -OCH3 is 1. The van der Waals surface area contributed by atoms with E-state index in [0.29, 0.717) is 13.2 Å². The van der Waals surface area contributed by atoms with Crippen molar-refractivity contribution in [3.05, 3.63) is 22.2 Å². The lowest BCUT2D eigenvalue weighted by molar-refractivity contribution is 0.282. The minimum atomic E-state index is 0.245. The normalized spacial score (nSPS) is 10.6. The molecule has 1 aromatic carbocycles. The van der Waals surface area contributed by atoms with Crippen LogP contribution in [0.15, 0.2) is 16.6 Å². The van der Waals surface area contributed by atoms with Gasteiger partial charge in [-0.1, -0.05) is 22.9 Å². The molecule has 1 aromatic rings. The molecule has 0 unspecified atom stereocenters. The van der Waals surface area contributed by atoms with E-state index in [1.165, 1.54) is 0 Å². The van der Waals surface area contributed by atoms with Crippen LogP contribution < -0.4 is 14.8 Å². The van der Waals surface area contributed by atoms with E-state index < -0.39 is 0 Å². The summed E-state index contributed by atoms with van der Waals surface area (Å²) in [5.41, 5.74) is 1.07. The number of hydrogen-bond acceptors (Lipinski definition) is 4. The zero-order valence-corrected chi connectivity index (χ0v) is 13.8. The lowest BCUT2D eigenvalue weighted by atomic mass is 10.1. The molecule has 0 aromatic heterocycles. The Kier molecular flexibility index (Phi) is 8.65. The van der Waals surface area contributed by atoms with Gasteiger partial charge in [-0.15, -0.1) is 0 Å². The number of aliphatic hydroxyl groups is 1. The van der Waals surface area contributed by atoms with Crippen LogP contribution in [-0.2, 0) is 6.54 Å². The second-order valence-corrected chi connectivity index (χ2v) is 5.37. The predicted molar refractivity (Wildman–Crippen MR) is 84.5 cm³/mol. The molecule has 4 nitrogen and oxygen atoms in total. The molecule has 2 N–H and O–H groups in total. The minimum absolute atomic E-state index is 0.245. The second-order valence-electron chi connectivity index (χ2n) is 4.51. The molecule has 0 saturated heterocycles. The van der Waals surface area contributed by atoms with Crippen LogP contribution in [0.4, 0.5) is 0 Å². The molecule has 0 aliphatic heterocycles. The number of halogens is 1. The zero-order valence-electron chi connectivity index (χ0n) is 12.2. The fourth-order valence-corrected chi connectivity index (χ4v) is 2.30. The molecule has 0 fully saturated rings. The molecule has 20 heavy (non-hydrogen) atoms. The first kappa shape index (κ1) is 17.3. The molecule has 0 atom stereocenters. The van der Waals surface area contributed by atoms with Gasteiger partial charge in [0, 0.05) is 23.2 Å². The lowest BCUT2D eigenvalue weighted by Gasteiger charge is -2.16. The predicted octanol–water partition coefficient (Wildman–Crippen LogP) is 3.11. The van der Waals surface area contributed by atoms with Gasteiger partial charge >= 0.3 is 0 Å². The highest BCUT2D eigenvalue weighted by Gasteiger charge is 2.14. The van der Waals surface area contributed by atoms with Crippen molar-refractivity contribution in [3.8, 4) is 11.5 Å². The molecule has 0 aliphatic carbocycles. The first-order valence-electron chi connectivity index (χ1n) is 7.04. The van der Waals surface area contributed by atoms with Gasteiger partial charge < -0.3 is 19.9 Å². The molecular formula is C15H24BrNO3. The van der Waals surface area contributed by atoms with E-state index >= 15 is 0 Å². The van der Waals surface area contributed by atoms with Crippen molar-refractivity contribution in [1.82, 2.24) is 5.32 Å². The van der Waals surface area contributed by atoms with Gasteiger partial charge in [-0.3, -0.25) is 0 Å². The summed E-state index contributed by atoms with van der Waals surface area (Å²) >= 11 is 3.57. The van der Waals surface area contributed by atoms with Crippen molar-refractivity contribution in [2.75, 3.05) is 26.9 Å². The standard InChI is InChI=1S/C15H24BrNO3/c1-3-10-20-15-12(11-17-8-4-5-9-18)13(16)6-7-14(15)19-2/h6-7,17-18H,3-5,8-11H2,1-2H3. The summed E-state index contributed by atoms with van der Waals surface area (Å²) in [5, 5.41) is 12.1. The van der Waals surface area contributed by atoms with E-state index in [1.54, 1.807) is 7.11 Å². The molecule has 114 valence electrons. The lowest BCUT2D eigenvalue weighted by Crippen LogP contribution is -2.16. The van der Waals surface area contributed by atoms with Gasteiger partial charge in [0.1, 0.15) is 0 Å². The number of aliphatic hydroxyl groups excluding tert-OH is 1. The van der Waals surface area contributed by atoms with Crippen molar-refractivity contribution >= 4 is 15.9 Å². The number of hydrogen-bond donors (Lipinski definition) is 2. The molecule has 0 aliphatic rings. The largest absolute Gasteiger partial charge is 0.493 e. The number of unbranched alkanes of at least 4 members (excludes halogenated alkanes) is 1. The van der Waals surface area contributed by atoms with Crippen LogP contribution in [0.25, 0.3) is 0 Å². The SMILES string of the molecule is CCCOc1c(OC)ccc(Br)c1CNCCCCO. The van der Waals surface area contributed by atoms with Crippen molar-refractivity contribution in [2.24, 2.45) is 0 Å². The fourth-order valence-electron chi connectivity index (χ4n) is 1.85. The van der Waals surface area contributed by atoms with E-state index in [-0.39, 0.29) is 6.61 Å². The van der Waals surface area contributed by atoms with Crippen molar-refractivity contribution in [2.45, 2.75) is 32.7 Å². The van der Waals surface area contributed by atoms with E-state index in [0.717, 1.165) is 47.3 Å². The maximum absolute atomic E-state index is 8.76. The summed E-state index contributed by atoms with van der Waals surface area (Å²) in [6, 6.07) is 3.88. The van der Waals surface area contributed by atoms with Crippen LogP contribution in [0, 0.1) is 0 Å². The van der Waals surface area contributed by atoms with E-state index in [1.807, 2.05) is 12.1 Å². The Bertz CT molecular complexity index is 399. The van der Waals surface area contributed by atoms with Gasteiger partial charge in [0.15, 0.2) is 11.5 Å². The molecule has 1 rings (SSSR count). The van der Waals surface area contributed by atoms with Gasteiger partial charge in [0.25, 0.3) is 0 Å². The monoisotopic (exact) mass is 345 g/mol. The topological polar surface area (TPSA) is 50.7 Å². The maximum Gasteiger partial charge on any atom is 0.166 e. The molecular weight excluding hydrogens is 322 g/mol. The number of ether oxygens (including phenoxy) is 2. The number of rotatable bonds is 10. The van der Waals surface area contributed by atoms with Crippen molar-refractivity contribution in [3.63, 3.8) is 0 Å². The Balaban J connectivity index is 2.74. The zero-order chi connectivity index (χ0) is 14.8. The van der Waals surface area contributed by atoms with Gasteiger partial charge in [-0.05, 0) is 37.9 Å². The Hall–Kier alpha value is -0.780. The van der Waals surface area contributed by atoms with Crippen molar-refractivity contribution in [1.29, 1.82) is 0 Å². The number of nitrogens with one attached hydrogen (secondary N) is 1. The summed E-state index contributed by atoms with van der Waals surface area (Å²) in [5.74, 6) is 1.56. The Morgan fingerprint density at radius 2 is 2.10 bits per heavy atom. The third-order valence-electron chi connectivity index (χ3n) is 2.90. The van der Waals surface area contributed by atoms with Crippen LogP contribution in [0.2, 0.25) is 0 Å². The summed E-state index contributed by atoms with van der Waals surface area (Å²) < 4.78 is 12.2.